The highest BCUT2D eigenvalue weighted by Gasteiger charge is 2.16. The first-order valence-corrected chi connectivity index (χ1v) is 5.99. The van der Waals surface area contributed by atoms with E-state index in [0.29, 0.717) is 5.56 Å². The Hall–Kier alpha value is -0.810. The first kappa shape index (κ1) is 8.77. The molecule has 1 aromatic heterocycles. The molecular weight excluding hydrogens is 204 g/mol. The molecule has 0 fully saturated rings. The highest BCUT2D eigenvalue weighted by Crippen LogP contribution is 2.18. The van der Waals surface area contributed by atoms with E-state index in [4.69, 9.17) is 11.2 Å². The summed E-state index contributed by atoms with van der Waals surface area (Å²) in [6, 6.07) is 0. The second-order valence-electron chi connectivity index (χ2n) is 2.84. The van der Waals surface area contributed by atoms with Crippen molar-refractivity contribution in [3.63, 3.8) is 0 Å². The summed E-state index contributed by atoms with van der Waals surface area (Å²) < 4.78 is 1.54. The number of aromatic nitrogens is 2. The molecule has 0 amide bonds. The second-order valence-corrected chi connectivity index (χ2v) is 5.17. The monoisotopic (exact) mass is 212 g/mol. The Morgan fingerprint density at radius 2 is 2.31 bits per heavy atom. The van der Waals surface area contributed by atoms with Gasteiger partial charge in [-0.3, -0.25) is 9.36 Å². The Morgan fingerprint density at radius 3 is 3.00 bits per heavy atom. The van der Waals surface area contributed by atoms with Crippen LogP contribution in [0.4, 0.5) is 0 Å². The van der Waals surface area contributed by atoms with Gasteiger partial charge in [-0.15, -0.1) is 0 Å². The molecule has 0 saturated heterocycles. The van der Waals surface area contributed by atoms with Crippen molar-refractivity contribution in [2.75, 3.05) is 0 Å². The summed E-state index contributed by atoms with van der Waals surface area (Å²) in [5.74, 6) is 0.717. The summed E-state index contributed by atoms with van der Waals surface area (Å²) in [6.45, 7) is 1.81. The molecule has 0 aromatic carbocycles. The Labute approximate surface area is 82.7 Å². The van der Waals surface area contributed by atoms with E-state index in [-0.39, 0.29) is 5.56 Å². The zero-order chi connectivity index (χ0) is 9.59. The van der Waals surface area contributed by atoms with Gasteiger partial charge >= 0.3 is 0 Å². The summed E-state index contributed by atoms with van der Waals surface area (Å²) in [5.41, 5.74) is 0.657. The topological polar surface area (TPSA) is 34.9 Å². The fourth-order valence-corrected chi connectivity index (χ4v) is 2.72. The first-order valence-electron chi connectivity index (χ1n) is 3.77. The van der Waals surface area contributed by atoms with Gasteiger partial charge < -0.3 is 0 Å². The molecule has 1 aliphatic rings. The van der Waals surface area contributed by atoms with Crippen LogP contribution in [0.1, 0.15) is 11.4 Å². The third kappa shape index (κ3) is 1.19. The minimum Gasteiger partial charge on any atom is -0.299 e. The van der Waals surface area contributed by atoms with E-state index >= 15 is 0 Å². The SMILES string of the molecule is Cc1nc2c(c(=O)n1C)C=CS2=S. The van der Waals surface area contributed by atoms with E-state index in [1.165, 1.54) is 0 Å². The van der Waals surface area contributed by atoms with Crippen LogP contribution in [-0.2, 0) is 27.7 Å². The van der Waals surface area contributed by atoms with E-state index in [1.807, 2.05) is 12.3 Å². The van der Waals surface area contributed by atoms with Crippen molar-refractivity contribution in [1.82, 2.24) is 9.55 Å². The number of rotatable bonds is 0. The highest BCUT2D eigenvalue weighted by atomic mass is 32.8. The van der Waals surface area contributed by atoms with Crippen molar-refractivity contribution in [3.05, 3.63) is 27.1 Å². The molecule has 0 N–H and O–H groups in total. The van der Waals surface area contributed by atoms with Crippen molar-refractivity contribution in [3.8, 4) is 0 Å². The van der Waals surface area contributed by atoms with Gasteiger partial charge in [0.15, 0.2) is 0 Å². The van der Waals surface area contributed by atoms with Crippen molar-refractivity contribution in [1.29, 1.82) is 0 Å². The van der Waals surface area contributed by atoms with Crippen LogP contribution in [0.3, 0.4) is 0 Å². The van der Waals surface area contributed by atoms with Gasteiger partial charge in [-0.2, -0.15) is 0 Å². The van der Waals surface area contributed by atoms with Gasteiger partial charge in [-0.05, 0) is 39.1 Å². The molecule has 5 heteroatoms. The quantitative estimate of drug-likeness (QED) is 0.588. The van der Waals surface area contributed by atoms with Crippen molar-refractivity contribution in [2.24, 2.45) is 7.05 Å². The van der Waals surface area contributed by atoms with Crippen molar-refractivity contribution >= 4 is 26.7 Å². The molecule has 0 bridgehead atoms. The number of hydrogen-bond donors (Lipinski definition) is 0. The lowest BCUT2D eigenvalue weighted by atomic mass is 10.3. The first-order chi connectivity index (χ1) is 6.11. The van der Waals surface area contributed by atoms with E-state index < -0.39 is 9.45 Å². The molecule has 68 valence electrons. The van der Waals surface area contributed by atoms with Gasteiger partial charge in [0.25, 0.3) is 5.56 Å². The lowest BCUT2D eigenvalue weighted by molar-refractivity contribution is 0.746. The molecule has 0 saturated carbocycles. The predicted octanol–water partition coefficient (Wildman–Crippen LogP) is 0.512. The molecule has 1 aliphatic heterocycles. The van der Waals surface area contributed by atoms with Gasteiger partial charge in [0.1, 0.15) is 10.9 Å². The van der Waals surface area contributed by atoms with Crippen LogP contribution in [0.15, 0.2) is 15.2 Å². The maximum absolute atomic E-state index is 11.7. The zero-order valence-corrected chi connectivity index (χ0v) is 8.91. The Balaban J connectivity index is 2.88. The molecule has 1 atom stereocenters. The Bertz CT molecular complexity index is 488. The maximum atomic E-state index is 11.7. The fourth-order valence-electron chi connectivity index (χ4n) is 1.19. The van der Waals surface area contributed by atoms with E-state index in [1.54, 1.807) is 17.7 Å². The van der Waals surface area contributed by atoms with Gasteiger partial charge in [-0.25, -0.2) is 4.98 Å². The number of aryl methyl sites for hydroxylation is 1. The second kappa shape index (κ2) is 2.85. The zero-order valence-electron chi connectivity index (χ0n) is 7.27. The van der Waals surface area contributed by atoms with Gasteiger partial charge in [0, 0.05) is 7.05 Å². The molecule has 2 heterocycles. The molecule has 0 spiro atoms. The van der Waals surface area contributed by atoms with Crippen LogP contribution in [-0.4, -0.2) is 9.55 Å². The third-order valence-corrected chi connectivity index (χ3v) is 3.95. The summed E-state index contributed by atoms with van der Waals surface area (Å²) in [5, 5.41) is 2.61. The molecule has 1 unspecified atom stereocenters. The largest absolute Gasteiger partial charge is 0.299 e. The molecule has 0 radical (unpaired) electrons. The average Bonchev–Trinajstić information content (AvgIpc) is 2.45. The molecular formula is C8H8N2OS2. The average molecular weight is 212 g/mol. The van der Waals surface area contributed by atoms with Crippen LogP contribution < -0.4 is 5.56 Å². The lowest BCUT2D eigenvalue weighted by Gasteiger charge is -2.05. The number of nitrogens with zero attached hydrogens (tertiary/aromatic N) is 2. The minimum absolute atomic E-state index is 0.00130. The number of hydrogen-bond acceptors (Lipinski definition) is 3. The highest BCUT2D eigenvalue weighted by molar-refractivity contribution is 8.30. The summed E-state index contributed by atoms with van der Waals surface area (Å²) in [4.78, 5) is 16.0. The fraction of sp³-hybridized carbons (Fsp3) is 0.250. The van der Waals surface area contributed by atoms with Crippen LogP contribution >= 0.6 is 0 Å². The molecule has 3 nitrogen and oxygen atoms in total. The molecule has 13 heavy (non-hydrogen) atoms. The lowest BCUT2D eigenvalue weighted by Crippen LogP contribution is -2.23. The van der Waals surface area contributed by atoms with Crippen LogP contribution in [0.5, 0.6) is 0 Å². The summed E-state index contributed by atoms with van der Waals surface area (Å²) >= 11 is 5.15. The summed E-state index contributed by atoms with van der Waals surface area (Å²) in [7, 11) is 1.32. The van der Waals surface area contributed by atoms with E-state index in [2.05, 4.69) is 4.98 Å². The maximum Gasteiger partial charge on any atom is 0.261 e. The third-order valence-electron chi connectivity index (χ3n) is 2.06. The van der Waals surface area contributed by atoms with Crippen LogP contribution in [0.25, 0.3) is 6.08 Å². The molecule has 1 aromatic rings. The van der Waals surface area contributed by atoms with E-state index in [0.717, 1.165) is 10.9 Å². The Morgan fingerprint density at radius 1 is 1.62 bits per heavy atom. The van der Waals surface area contributed by atoms with Gasteiger partial charge in [0.05, 0.1) is 5.56 Å². The Kier molecular flexibility index (Phi) is 1.92. The van der Waals surface area contributed by atoms with Crippen LogP contribution in [0.2, 0.25) is 0 Å². The molecule has 0 aliphatic carbocycles. The van der Waals surface area contributed by atoms with Gasteiger partial charge in [-0.1, -0.05) is 0 Å². The summed E-state index contributed by atoms with van der Waals surface area (Å²) in [6.07, 6.45) is 1.78. The van der Waals surface area contributed by atoms with Crippen LogP contribution in [0, 0.1) is 6.92 Å². The number of fused-ring (bicyclic) bond motifs is 1. The standard InChI is InChI=1S/C8H8N2OS2/c1-5-9-7-6(3-4-13(7)12)8(11)10(5)2/h3-4H,1-2H3. The smallest absolute Gasteiger partial charge is 0.261 e. The van der Waals surface area contributed by atoms with Crippen molar-refractivity contribution in [2.45, 2.75) is 11.9 Å². The van der Waals surface area contributed by atoms with E-state index in [9.17, 15) is 4.79 Å². The predicted molar refractivity (Wildman–Crippen MR) is 56.2 cm³/mol. The normalized spacial score (nSPS) is 19.1. The molecule has 2 rings (SSSR count). The van der Waals surface area contributed by atoms with Gasteiger partial charge in [0.2, 0.25) is 0 Å². The minimum atomic E-state index is -0.398. The van der Waals surface area contributed by atoms with Crippen molar-refractivity contribution < 1.29 is 0 Å².